The first-order valence-electron chi connectivity index (χ1n) is 10.7. The van der Waals surface area contributed by atoms with Crippen LogP contribution in [0.15, 0.2) is 36.4 Å². The predicted octanol–water partition coefficient (Wildman–Crippen LogP) is 4.90. The number of carbonyl (C=O) groups excluding carboxylic acids is 2. The van der Waals surface area contributed by atoms with Crippen molar-refractivity contribution < 1.29 is 32.2 Å². The first kappa shape index (κ1) is 25.2. The van der Waals surface area contributed by atoms with Crippen molar-refractivity contribution in [3.8, 4) is 5.75 Å². The van der Waals surface area contributed by atoms with Crippen LogP contribution in [0.25, 0.3) is 21.3 Å². The van der Waals surface area contributed by atoms with Crippen molar-refractivity contribution in [2.24, 2.45) is 7.05 Å². The first-order valence-corrected chi connectivity index (χ1v) is 11.5. The average molecular weight is 522 g/mol. The monoisotopic (exact) mass is 521 g/mol. The Bertz CT molecular complexity index is 1460. The van der Waals surface area contributed by atoms with Gasteiger partial charge < -0.3 is 24.7 Å². The van der Waals surface area contributed by atoms with E-state index < -0.39 is 23.8 Å². The van der Waals surface area contributed by atoms with Crippen LogP contribution in [0.1, 0.15) is 31.1 Å². The van der Waals surface area contributed by atoms with Gasteiger partial charge in [0.1, 0.15) is 17.9 Å². The summed E-state index contributed by atoms with van der Waals surface area (Å²) in [4.78, 5) is 33.2. The predicted molar refractivity (Wildman–Crippen MR) is 128 cm³/mol. The quantitative estimate of drug-likeness (QED) is 0.348. The molecule has 36 heavy (non-hydrogen) atoms. The summed E-state index contributed by atoms with van der Waals surface area (Å²) in [5, 5.41) is 6.01. The Kier molecular flexibility index (Phi) is 6.52. The standard InChI is InChI=1S/C23H22F3N5O4S/c1-22(2,3)35-18(32)11-27-19(33)12-5-8-16-15(9-12)28-20(31(16)4)30-21-29-14-7-6-13(10-17(14)36-21)34-23(24,25)26/h5-10H,11H2,1-4H3,(H,27,33)(H,28,29,30). The number of hydrogen-bond acceptors (Lipinski definition) is 8. The molecule has 0 bridgehead atoms. The van der Waals surface area contributed by atoms with Crippen molar-refractivity contribution >= 4 is 55.5 Å². The molecule has 0 saturated heterocycles. The Morgan fingerprint density at radius 2 is 1.81 bits per heavy atom. The van der Waals surface area contributed by atoms with Crippen LogP contribution in [0.3, 0.4) is 0 Å². The summed E-state index contributed by atoms with van der Waals surface area (Å²) >= 11 is 1.14. The van der Waals surface area contributed by atoms with E-state index in [1.807, 2.05) is 0 Å². The molecule has 2 aromatic heterocycles. The van der Waals surface area contributed by atoms with E-state index in [9.17, 15) is 22.8 Å². The molecule has 1 amide bonds. The van der Waals surface area contributed by atoms with Gasteiger partial charge in [0.05, 0.1) is 21.3 Å². The highest BCUT2D eigenvalue weighted by atomic mass is 32.1. The highest BCUT2D eigenvalue weighted by Gasteiger charge is 2.31. The molecule has 0 spiro atoms. The van der Waals surface area contributed by atoms with Gasteiger partial charge in [-0.3, -0.25) is 9.59 Å². The van der Waals surface area contributed by atoms with E-state index in [0.717, 1.165) is 16.9 Å². The molecule has 2 aromatic carbocycles. The number of carbonyl (C=O) groups is 2. The zero-order valence-electron chi connectivity index (χ0n) is 19.7. The minimum absolute atomic E-state index is 0.267. The Morgan fingerprint density at radius 1 is 1.06 bits per heavy atom. The van der Waals surface area contributed by atoms with E-state index >= 15 is 0 Å². The number of alkyl halides is 3. The van der Waals surface area contributed by atoms with Gasteiger partial charge in [-0.05, 0) is 51.1 Å². The van der Waals surface area contributed by atoms with Crippen LogP contribution in [0.5, 0.6) is 5.75 Å². The van der Waals surface area contributed by atoms with Crippen molar-refractivity contribution in [2.75, 3.05) is 11.9 Å². The SMILES string of the molecule is Cn1c(Nc2nc3ccc(OC(F)(F)F)cc3s2)nc2cc(C(=O)NCC(=O)OC(C)(C)C)ccc21. The molecule has 0 aliphatic heterocycles. The summed E-state index contributed by atoms with van der Waals surface area (Å²) in [6.07, 6.45) is -4.78. The van der Waals surface area contributed by atoms with Crippen LogP contribution < -0.4 is 15.4 Å². The van der Waals surface area contributed by atoms with Gasteiger partial charge in [0.15, 0.2) is 5.13 Å². The number of nitrogens with zero attached hydrogens (tertiary/aromatic N) is 3. The van der Waals surface area contributed by atoms with Crippen LogP contribution in [0.2, 0.25) is 0 Å². The first-order chi connectivity index (χ1) is 16.8. The summed E-state index contributed by atoms with van der Waals surface area (Å²) in [6.45, 7) is 4.94. The molecular weight excluding hydrogens is 499 g/mol. The summed E-state index contributed by atoms with van der Waals surface area (Å²) in [7, 11) is 1.77. The fraction of sp³-hybridized carbons (Fsp3) is 0.304. The number of aryl methyl sites for hydroxylation is 1. The summed E-state index contributed by atoms with van der Waals surface area (Å²) in [5.74, 6) is -0.910. The number of esters is 1. The largest absolute Gasteiger partial charge is 0.573 e. The van der Waals surface area contributed by atoms with Crippen molar-refractivity contribution in [3.63, 3.8) is 0 Å². The number of halogens is 3. The number of rotatable bonds is 6. The Labute approximate surface area is 207 Å². The van der Waals surface area contributed by atoms with E-state index in [2.05, 4.69) is 25.3 Å². The normalized spacial score (nSPS) is 12.1. The number of thiazole rings is 1. The minimum Gasteiger partial charge on any atom is -0.459 e. The smallest absolute Gasteiger partial charge is 0.459 e. The van der Waals surface area contributed by atoms with Crippen molar-refractivity contribution in [1.82, 2.24) is 19.9 Å². The molecule has 190 valence electrons. The van der Waals surface area contributed by atoms with Crippen molar-refractivity contribution in [3.05, 3.63) is 42.0 Å². The summed E-state index contributed by atoms with van der Waals surface area (Å²) in [6, 6.07) is 8.82. The fourth-order valence-electron chi connectivity index (χ4n) is 3.34. The van der Waals surface area contributed by atoms with Crippen molar-refractivity contribution in [2.45, 2.75) is 32.7 Å². The van der Waals surface area contributed by atoms with Gasteiger partial charge in [-0.15, -0.1) is 13.2 Å². The second kappa shape index (κ2) is 9.30. The van der Waals surface area contributed by atoms with Gasteiger partial charge in [-0.1, -0.05) is 11.3 Å². The van der Waals surface area contributed by atoms with E-state index in [4.69, 9.17) is 4.74 Å². The second-order valence-corrected chi connectivity index (χ2v) is 9.82. The number of hydrogen-bond donors (Lipinski definition) is 2. The molecule has 9 nitrogen and oxygen atoms in total. The van der Waals surface area contributed by atoms with Gasteiger partial charge in [0.2, 0.25) is 5.95 Å². The molecule has 13 heteroatoms. The minimum atomic E-state index is -4.78. The van der Waals surface area contributed by atoms with E-state index in [-0.39, 0.29) is 12.3 Å². The van der Waals surface area contributed by atoms with Crippen LogP contribution >= 0.6 is 11.3 Å². The Balaban J connectivity index is 1.49. The highest BCUT2D eigenvalue weighted by Crippen LogP contribution is 2.33. The van der Waals surface area contributed by atoms with Crippen LogP contribution in [0, 0.1) is 0 Å². The Hall–Kier alpha value is -3.87. The number of benzene rings is 2. The maximum absolute atomic E-state index is 12.5. The van der Waals surface area contributed by atoms with Crippen LogP contribution in [-0.2, 0) is 16.6 Å². The zero-order valence-corrected chi connectivity index (χ0v) is 20.5. The second-order valence-electron chi connectivity index (χ2n) is 8.79. The molecule has 0 saturated carbocycles. The van der Waals surface area contributed by atoms with Gasteiger partial charge >= 0.3 is 12.3 Å². The summed E-state index contributed by atoms with van der Waals surface area (Å²) < 4.78 is 48.9. The lowest BCUT2D eigenvalue weighted by molar-refractivity contribution is -0.274. The number of ether oxygens (including phenoxy) is 2. The molecule has 4 rings (SSSR count). The maximum atomic E-state index is 12.5. The summed E-state index contributed by atoms with van der Waals surface area (Å²) in [5.41, 5.74) is 1.41. The third-order valence-corrected chi connectivity index (χ3v) is 5.70. The lowest BCUT2D eigenvalue weighted by Gasteiger charge is -2.19. The maximum Gasteiger partial charge on any atom is 0.573 e. The number of anilines is 2. The number of imidazole rings is 1. The Morgan fingerprint density at radius 3 is 2.50 bits per heavy atom. The number of nitrogens with one attached hydrogen (secondary N) is 2. The third kappa shape index (κ3) is 6.03. The third-order valence-electron chi connectivity index (χ3n) is 4.77. The van der Waals surface area contributed by atoms with Gasteiger partial charge in [0.25, 0.3) is 5.91 Å². The average Bonchev–Trinajstić information content (AvgIpc) is 3.29. The number of fused-ring (bicyclic) bond motifs is 2. The fourth-order valence-corrected chi connectivity index (χ4v) is 4.22. The molecule has 0 unspecified atom stereocenters. The van der Waals surface area contributed by atoms with Crippen LogP contribution in [-0.4, -0.2) is 44.9 Å². The van der Waals surface area contributed by atoms with Gasteiger partial charge in [-0.2, -0.15) is 0 Å². The zero-order chi connectivity index (χ0) is 26.3. The number of aromatic nitrogens is 3. The lowest BCUT2D eigenvalue weighted by Crippen LogP contribution is -2.34. The lowest BCUT2D eigenvalue weighted by atomic mass is 10.2. The molecule has 0 aliphatic rings. The topological polar surface area (TPSA) is 107 Å². The molecule has 4 aromatic rings. The van der Waals surface area contributed by atoms with Gasteiger partial charge in [0, 0.05) is 18.7 Å². The molecule has 2 N–H and O–H groups in total. The van der Waals surface area contributed by atoms with Crippen LogP contribution in [0.4, 0.5) is 24.3 Å². The molecule has 0 atom stereocenters. The number of amides is 1. The van der Waals surface area contributed by atoms with E-state index in [0.29, 0.717) is 32.4 Å². The van der Waals surface area contributed by atoms with Gasteiger partial charge in [-0.25, -0.2) is 9.97 Å². The molecule has 0 radical (unpaired) electrons. The van der Waals surface area contributed by atoms with E-state index in [1.165, 1.54) is 18.2 Å². The van der Waals surface area contributed by atoms with E-state index in [1.54, 1.807) is 50.6 Å². The highest BCUT2D eigenvalue weighted by molar-refractivity contribution is 7.22. The molecule has 0 aliphatic carbocycles. The molecular formula is C23H22F3N5O4S. The van der Waals surface area contributed by atoms with Crippen molar-refractivity contribution in [1.29, 1.82) is 0 Å². The molecule has 0 fully saturated rings. The molecule has 2 heterocycles.